The van der Waals surface area contributed by atoms with E-state index in [0.717, 1.165) is 23.4 Å². The van der Waals surface area contributed by atoms with Crippen molar-refractivity contribution in [1.29, 1.82) is 0 Å². The van der Waals surface area contributed by atoms with Crippen LogP contribution in [-0.4, -0.2) is 30.8 Å². The lowest BCUT2D eigenvalue weighted by Crippen LogP contribution is -2.27. The number of hydrogen-bond acceptors (Lipinski definition) is 4. The average molecular weight is 356 g/mol. The summed E-state index contributed by atoms with van der Waals surface area (Å²) in [5.41, 5.74) is 1.81. The summed E-state index contributed by atoms with van der Waals surface area (Å²) in [6, 6.07) is 14.5. The molecular weight excluding hydrogens is 336 g/mol. The third-order valence-electron chi connectivity index (χ3n) is 3.96. The second kappa shape index (κ2) is 8.18. The number of amides is 2. The monoisotopic (exact) mass is 356 g/mol. The van der Waals surface area contributed by atoms with Crippen LogP contribution in [0.1, 0.15) is 23.2 Å². The molecule has 1 aliphatic heterocycles. The molecular formula is C19H20N2O3S. The molecule has 2 N–H and O–H groups in total. The zero-order chi connectivity index (χ0) is 17.6. The van der Waals surface area contributed by atoms with E-state index in [1.165, 1.54) is 0 Å². The van der Waals surface area contributed by atoms with Crippen molar-refractivity contribution in [3.05, 3.63) is 54.1 Å². The largest absolute Gasteiger partial charge is 0.368 e. The predicted molar refractivity (Wildman–Crippen MR) is 100 cm³/mol. The maximum Gasteiger partial charge on any atom is 0.255 e. The van der Waals surface area contributed by atoms with Gasteiger partial charge in [0.1, 0.15) is 6.10 Å². The summed E-state index contributed by atoms with van der Waals surface area (Å²) in [6.07, 6.45) is 3.24. The molecule has 2 aromatic carbocycles. The van der Waals surface area contributed by atoms with Gasteiger partial charge in [0.15, 0.2) is 0 Å². The third kappa shape index (κ3) is 4.61. The summed E-state index contributed by atoms with van der Waals surface area (Å²) in [4.78, 5) is 25.7. The number of anilines is 2. The van der Waals surface area contributed by atoms with Gasteiger partial charge in [-0.05, 0) is 61.6 Å². The van der Waals surface area contributed by atoms with Gasteiger partial charge in [0.2, 0.25) is 0 Å². The van der Waals surface area contributed by atoms with Crippen LogP contribution in [0.25, 0.3) is 0 Å². The Morgan fingerprint density at radius 2 is 1.88 bits per heavy atom. The summed E-state index contributed by atoms with van der Waals surface area (Å²) in [6.45, 7) is 0.621. The van der Waals surface area contributed by atoms with Gasteiger partial charge in [0.05, 0.1) is 0 Å². The second-order valence-corrected chi connectivity index (χ2v) is 6.63. The lowest BCUT2D eigenvalue weighted by molar-refractivity contribution is -0.124. The van der Waals surface area contributed by atoms with E-state index in [1.54, 1.807) is 36.0 Å². The minimum atomic E-state index is -0.396. The van der Waals surface area contributed by atoms with Crippen molar-refractivity contribution in [2.45, 2.75) is 23.8 Å². The number of thioether (sulfide) groups is 1. The first-order valence-electron chi connectivity index (χ1n) is 8.13. The zero-order valence-corrected chi connectivity index (χ0v) is 14.8. The van der Waals surface area contributed by atoms with E-state index in [9.17, 15) is 9.59 Å². The van der Waals surface area contributed by atoms with Crippen LogP contribution in [0, 0.1) is 0 Å². The lowest BCUT2D eigenvalue weighted by Gasteiger charge is -2.11. The van der Waals surface area contributed by atoms with Crippen molar-refractivity contribution in [3.63, 3.8) is 0 Å². The van der Waals surface area contributed by atoms with E-state index in [4.69, 9.17) is 4.74 Å². The van der Waals surface area contributed by atoms with E-state index in [0.29, 0.717) is 17.9 Å². The molecule has 0 aliphatic carbocycles. The third-order valence-corrected chi connectivity index (χ3v) is 4.71. The first-order valence-corrected chi connectivity index (χ1v) is 9.36. The van der Waals surface area contributed by atoms with Crippen molar-refractivity contribution in [2.75, 3.05) is 23.5 Å². The van der Waals surface area contributed by atoms with E-state index in [-0.39, 0.29) is 11.8 Å². The second-order valence-electron chi connectivity index (χ2n) is 5.75. The Morgan fingerprint density at radius 3 is 2.56 bits per heavy atom. The Hall–Kier alpha value is -2.31. The van der Waals surface area contributed by atoms with E-state index < -0.39 is 6.10 Å². The molecule has 5 nitrogen and oxygen atoms in total. The number of hydrogen-bond donors (Lipinski definition) is 2. The van der Waals surface area contributed by atoms with Gasteiger partial charge in [-0.1, -0.05) is 6.07 Å². The Balaban J connectivity index is 1.65. The number of ether oxygens (including phenoxy) is 1. The SMILES string of the molecule is CSc1ccc(NC(=O)c2cccc(NC(=O)C3CCCO3)c2)cc1. The van der Waals surface area contributed by atoms with Gasteiger partial charge in [-0.15, -0.1) is 11.8 Å². The van der Waals surface area contributed by atoms with Crippen LogP contribution in [-0.2, 0) is 9.53 Å². The molecule has 6 heteroatoms. The van der Waals surface area contributed by atoms with E-state index >= 15 is 0 Å². The van der Waals surface area contributed by atoms with Gasteiger partial charge in [-0.2, -0.15) is 0 Å². The maximum atomic E-state index is 12.4. The lowest BCUT2D eigenvalue weighted by atomic mass is 10.1. The van der Waals surface area contributed by atoms with Gasteiger partial charge < -0.3 is 15.4 Å². The van der Waals surface area contributed by atoms with Crippen molar-refractivity contribution < 1.29 is 14.3 Å². The van der Waals surface area contributed by atoms with Gasteiger partial charge >= 0.3 is 0 Å². The van der Waals surface area contributed by atoms with E-state index in [2.05, 4.69) is 10.6 Å². The van der Waals surface area contributed by atoms with Crippen molar-refractivity contribution in [2.24, 2.45) is 0 Å². The predicted octanol–water partition coefficient (Wildman–Crippen LogP) is 3.78. The first kappa shape index (κ1) is 17.5. The Kier molecular flexibility index (Phi) is 5.73. The van der Waals surface area contributed by atoms with Crippen LogP contribution >= 0.6 is 11.8 Å². The highest BCUT2D eigenvalue weighted by Crippen LogP contribution is 2.19. The van der Waals surface area contributed by atoms with E-state index in [1.807, 2.05) is 30.5 Å². The number of carbonyl (C=O) groups excluding carboxylic acids is 2. The van der Waals surface area contributed by atoms with Crippen molar-refractivity contribution >= 4 is 35.0 Å². The first-order chi connectivity index (χ1) is 12.2. The highest BCUT2D eigenvalue weighted by molar-refractivity contribution is 7.98. The van der Waals surface area contributed by atoms with Gasteiger partial charge in [-0.3, -0.25) is 9.59 Å². The molecule has 130 valence electrons. The Morgan fingerprint density at radius 1 is 1.08 bits per heavy atom. The smallest absolute Gasteiger partial charge is 0.255 e. The Labute approximate surface area is 151 Å². The van der Waals surface area contributed by atoms with Gasteiger partial charge in [-0.25, -0.2) is 0 Å². The molecule has 0 radical (unpaired) electrons. The van der Waals surface area contributed by atoms with Crippen LogP contribution < -0.4 is 10.6 Å². The molecule has 1 atom stereocenters. The standard InChI is InChI=1S/C19H20N2O3S/c1-25-16-9-7-14(8-10-16)20-18(22)13-4-2-5-15(12-13)21-19(23)17-6-3-11-24-17/h2,4-5,7-10,12,17H,3,6,11H2,1H3,(H,20,22)(H,21,23). The minimum absolute atomic E-state index is 0.164. The fourth-order valence-electron chi connectivity index (χ4n) is 2.62. The van der Waals surface area contributed by atoms with Gasteiger partial charge in [0.25, 0.3) is 11.8 Å². The fourth-order valence-corrected chi connectivity index (χ4v) is 3.03. The summed E-state index contributed by atoms with van der Waals surface area (Å²) < 4.78 is 5.37. The highest BCUT2D eigenvalue weighted by atomic mass is 32.2. The fraction of sp³-hybridized carbons (Fsp3) is 0.263. The van der Waals surface area contributed by atoms with Crippen molar-refractivity contribution in [1.82, 2.24) is 0 Å². The minimum Gasteiger partial charge on any atom is -0.368 e. The molecule has 0 spiro atoms. The molecule has 1 heterocycles. The molecule has 1 aliphatic rings. The molecule has 1 unspecified atom stereocenters. The molecule has 3 rings (SSSR count). The summed E-state index contributed by atoms with van der Waals surface area (Å²) in [5, 5.41) is 5.67. The maximum absolute atomic E-state index is 12.4. The Bertz CT molecular complexity index is 756. The molecule has 0 bridgehead atoms. The molecule has 25 heavy (non-hydrogen) atoms. The summed E-state index contributed by atoms with van der Waals surface area (Å²) in [7, 11) is 0. The number of rotatable bonds is 5. The molecule has 0 saturated carbocycles. The number of benzene rings is 2. The molecule has 0 aromatic heterocycles. The molecule has 2 amide bonds. The van der Waals surface area contributed by atoms with Crippen LogP contribution in [0.3, 0.4) is 0 Å². The van der Waals surface area contributed by atoms with Crippen LogP contribution in [0.2, 0.25) is 0 Å². The van der Waals surface area contributed by atoms with Crippen molar-refractivity contribution in [3.8, 4) is 0 Å². The summed E-state index contributed by atoms with van der Waals surface area (Å²) in [5.74, 6) is -0.382. The molecule has 1 fully saturated rings. The van der Waals surface area contributed by atoms with Gasteiger partial charge in [0, 0.05) is 28.4 Å². The highest BCUT2D eigenvalue weighted by Gasteiger charge is 2.23. The number of nitrogens with one attached hydrogen (secondary N) is 2. The zero-order valence-electron chi connectivity index (χ0n) is 14.0. The van der Waals surface area contributed by atoms with Crippen LogP contribution in [0.4, 0.5) is 11.4 Å². The molecule has 2 aromatic rings. The summed E-state index contributed by atoms with van der Waals surface area (Å²) >= 11 is 1.65. The normalized spacial score (nSPS) is 16.4. The average Bonchev–Trinajstić information content (AvgIpc) is 3.17. The van der Waals surface area contributed by atoms with Crippen LogP contribution in [0.5, 0.6) is 0 Å². The molecule has 1 saturated heterocycles. The topological polar surface area (TPSA) is 67.4 Å². The van der Waals surface area contributed by atoms with Crippen LogP contribution in [0.15, 0.2) is 53.4 Å². The number of carbonyl (C=O) groups is 2. The quantitative estimate of drug-likeness (QED) is 0.800.